The summed E-state index contributed by atoms with van der Waals surface area (Å²) in [6, 6.07) is 9.76. The van der Waals surface area contributed by atoms with Crippen molar-refractivity contribution in [1.29, 1.82) is 0 Å². The molecule has 0 spiro atoms. The molecule has 3 rings (SSSR count). The molecule has 2 heterocycles. The van der Waals surface area contributed by atoms with Crippen LogP contribution in [0.3, 0.4) is 0 Å². The van der Waals surface area contributed by atoms with Gasteiger partial charge in [0.1, 0.15) is 17.9 Å². The molecule has 1 fully saturated rings. The molecule has 1 amide bonds. The minimum absolute atomic E-state index is 0. The summed E-state index contributed by atoms with van der Waals surface area (Å²) in [7, 11) is 0. The summed E-state index contributed by atoms with van der Waals surface area (Å²) in [6.07, 6.45) is 5.06. The highest BCUT2D eigenvalue weighted by Gasteiger charge is 2.41. The van der Waals surface area contributed by atoms with Crippen molar-refractivity contribution in [2.45, 2.75) is 25.3 Å². The summed E-state index contributed by atoms with van der Waals surface area (Å²) in [5.41, 5.74) is 0.598. The summed E-state index contributed by atoms with van der Waals surface area (Å²) in [6.45, 7) is 4.59. The van der Waals surface area contributed by atoms with Gasteiger partial charge in [0.25, 0.3) is 0 Å². The van der Waals surface area contributed by atoms with E-state index in [9.17, 15) is 4.79 Å². The SMILES string of the molecule is Cc1ccc(OCCNC(=O)C2(n3cccn3)CCNCC2)cc1.Cl. The second-order valence-electron chi connectivity index (χ2n) is 6.15. The van der Waals surface area contributed by atoms with Crippen LogP contribution < -0.4 is 15.4 Å². The number of aryl methyl sites for hydroxylation is 1. The number of aromatic nitrogens is 2. The van der Waals surface area contributed by atoms with Gasteiger partial charge in [0, 0.05) is 12.4 Å². The fraction of sp³-hybridized carbons (Fsp3) is 0.444. The summed E-state index contributed by atoms with van der Waals surface area (Å²) >= 11 is 0. The first-order chi connectivity index (χ1) is 11.7. The van der Waals surface area contributed by atoms with Crippen LogP contribution >= 0.6 is 12.4 Å². The molecule has 0 aliphatic carbocycles. The van der Waals surface area contributed by atoms with Crippen molar-refractivity contribution in [3.63, 3.8) is 0 Å². The largest absolute Gasteiger partial charge is 0.492 e. The van der Waals surface area contributed by atoms with E-state index >= 15 is 0 Å². The molecule has 1 saturated heterocycles. The third-order valence-corrected chi connectivity index (χ3v) is 4.47. The highest BCUT2D eigenvalue weighted by molar-refractivity contribution is 5.85. The van der Waals surface area contributed by atoms with E-state index in [-0.39, 0.29) is 18.3 Å². The number of ether oxygens (including phenoxy) is 1. The monoisotopic (exact) mass is 364 g/mol. The van der Waals surface area contributed by atoms with Gasteiger partial charge in [-0.3, -0.25) is 9.48 Å². The van der Waals surface area contributed by atoms with Gasteiger partial charge in [-0.15, -0.1) is 12.4 Å². The Morgan fingerprint density at radius 3 is 2.68 bits per heavy atom. The zero-order valence-electron chi connectivity index (χ0n) is 14.4. The van der Waals surface area contributed by atoms with Crippen molar-refractivity contribution >= 4 is 18.3 Å². The molecule has 0 atom stereocenters. The molecule has 25 heavy (non-hydrogen) atoms. The number of amides is 1. The van der Waals surface area contributed by atoms with E-state index in [1.165, 1.54) is 5.56 Å². The fourth-order valence-electron chi connectivity index (χ4n) is 3.06. The Labute approximate surface area is 154 Å². The third-order valence-electron chi connectivity index (χ3n) is 4.47. The summed E-state index contributed by atoms with van der Waals surface area (Å²) < 4.78 is 7.47. The Hall–Kier alpha value is -2.05. The van der Waals surface area contributed by atoms with Crippen LogP contribution in [-0.4, -0.2) is 41.9 Å². The number of nitrogens with zero attached hydrogens (tertiary/aromatic N) is 2. The van der Waals surface area contributed by atoms with Gasteiger partial charge in [0.05, 0.1) is 6.54 Å². The van der Waals surface area contributed by atoms with Gasteiger partial charge in [-0.1, -0.05) is 17.7 Å². The van der Waals surface area contributed by atoms with Crippen LogP contribution in [0.25, 0.3) is 0 Å². The first kappa shape index (κ1) is 19.3. The molecular weight excluding hydrogens is 340 g/mol. The number of benzene rings is 1. The van der Waals surface area contributed by atoms with Crippen LogP contribution in [0.2, 0.25) is 0 Å². The van der Waals surface area contributed by atoms with Gasteiger partial charge in [-0.05, 0) is 51.1 Å². The van der Waals surface area contributed by atoms with Crippen molar-refractivity contribution in [2.75, 3.05) is 26.2 Å². The Kier molecular flexibility index (Phi) is 6.84. The second kappa shape index (κ2) is 8.87. The quantitative estimate of drug-likeness (QED) is 0.768. The van der Waals surface area contributed by atoms with E-state index < -0.39 is 5.54 Å². The molecular formula is C18H25ClN4O2. The number of carbonyl (C=O) groups is 1. The van der Waals surface area contributed by atoms with E-state index in [1.54, 1.807) is 10.9 Å². The molecule has 136 valence electrons. The van der Waals surface area contributed by atoms with Crippen LogP contribution in [0.4, 0.5) is 0 Å². The number of hydrogen-bond acceptors (Lipinski definition) is 4. The molecule has 7 heteroatoms. The topological polar surface area (TPSA) is 68.2 Å². The van der Waals surface area contributed by atoms with Gasteiger partial charge in [0.15, 0.2) is 0 Å². The lowest BCUT2D eigenvalue weighted by atomic mass is 9.87. The standard InChI is InChI=1S/C18H24N4O2.ClH/c1-15-3-5-16(6-4-15)24-14-12-20-17(23)18(7-10-19-11-8-18)22-13-2-9-21-22;/h2-6,9,13,19H,7-8,10-12,14H2,1H3,(H,20,23);1H. The van der Waals surface area contributed by atoms with Crippen molar-refractivity contribution < 1.29 is 9.53 Å². The van der Waals surface area contributed by atoms with Gasteiger partial charge in [-0.2, -0.15) is 5.10 Å². The number of halogens is 1. The molecule has 1 aromatic heterocycles. The highest BCUT2D eigenvalue weighted by atomic mass is 35.5. The summed E-state index contributed by atoms with van der Waals surface area (Å²) in [4.78, 5) is 12.8. The second-order valence-corrected chi connectivity index (χ2v) is 6.15. The Balaban J connectivity index is 0.00000225. The van der Waals surface area contributed by atoms with E-state index in [0.29, 0.717) is 13.2 Å². The van der Waals surface area contributed by atoms with Crippen molar-refractivity contribution in [1.82, 2.24) is 20.4 Å². The molecule has 6 nitrogen and oxygen atoms in total. The molecule has 0 radical (unpaired) electrons. The minimum atomic E-state index is -0.599. The van der Waals surface area contributed by atoms with Gasteiger partial charge in [0.2, 0.25) is 5.91 Å². The lowest BCUT2D eigenvalue weighted by Crippen LogP contribution is -2.55. The molecule has 0 saturated carbocycles. The lowest BCUT2D eigenvalue weighted by Gasteiger charge is -2.36. The average Bonchev–Trinajstić information content (AvgIpc) is 3.16. The highest BCUT2D eigenvalue weighted by Crippen LogP contribution is 2.27. The van der Waals surface area contributed by atoms with Gasteiger partial charge in [-0.25, -0.2) is 0 Å². The molecule has 2 aromatic rings. The number of hydrogen-bond donors (Lipinski definition) is 2. The molecule has 2 N–H and O–H groups in total. The minimum Gasteiger partial charge on any atom is -0.492 e. The first-order valence-electron chi connectivity index (χ1n) is 8.39. The predicted octanol–water partition coefficient (Wildman–Crippen LogP) is 1.89. The maximum absolute atomic E-state index is 12.8. The van der Waals surface area contributed by atoms with Crippen molar-refractivity contribution in [2.24, 2.45) is 0 Å². The van der Waals surface area contributed by atoms with Crippen LogP contribution in [-0.2, 0) is 10.3 Å². The number of piperidine rings is 1. The van der Waals surface area contributed by atoms with E-state index in [2.05, 4.69) is 15.7 Å². The third kappa shape index (κ3) is 4.52. The van der Waals surface area contributed by atoms with E-state index in [4.69, 9.17) is 4.74 Å². The predicted molar refractivity (Wildman–Crippen MR) is 99.2 cm³/mol. The smallest absolute Gasteiger partial charge is 0.248 e. The normalized spacial score (nSPS) is 15.9. The van der Waals surface area contributed by atoms with E-state index in [0.717, 1.165) is 31.7 Å². The van der Waals surface area contributed by atoms with Gasteiger partial charge >= 0.3 is 0 Å². The van der Waals surface area contributed by atoms with Crippen molar-refractivity contribution in [3.8, 4) is 5.75 Å². The fourth-order valence-corrected chi connectivity index (χ4v) is 3.06. The first-order valence-corrected chi connectivity index (χ1v) is 8.39. The van der Waals surface area contributed by atoms with Crippen molar-refractivity contribution in [3.05, 3.63) is 48.3 Å². The van der Waals surface area contributed by atoms with Crippen LogP contribution in [0.5, 0.6) is 5.75 Å². The van der Waals surface area contributed by atoms with Crippen LogP contribution in [0.1, 0.15) is 18.4 Å². The molecule has 1 aromatic carbocycles. The van der Waals surface area contributed by atoms with Crippen LogP contribution in [0, 0.1) is 6.92 Å². The Morgan fingerprint density at radius 1 is 1.32 bits per heavy atom. The van der Waals surface area contributed by atoms with E-state index in [1.807, 2.05) is 43.5 Å². The molecule has 1 aliphatic rings. The lowest BCUT2D eigenvalue weighted by molar-refractivity contribution is -0.132. The Bertz CT molecular complexity index is 652. The Morgan fingerprint density at radius 2 is 2.04 bits per heavy atom. The summed E-state index contributed by atoms with van der Waals surface area (Å²) in [5.74, 6) is 0.832. The maximum Gasteiger partial charge on any atom is 0.248 e. The number of rotatable bonds is 6. The average molecular weight is 365 g/mol. The zero-order chi connectivity index (χ0) is 16.8. The number of nitrogens with one attached hydrogen (secondary N) is 2. The van der Waals surface area contributed by atoms with Crippen LogP contribution in [0.15, 0.2) is 42.7 Å². The molecule has 0 unspecified atom stereocenters. The maximum atomic E-state index is 12.8. The summed E-state index contributed by atoms with van der Waals surface area (Å²) in [5, 5.41) is 10.6. The zero-order valence-corrected chi connectivity index (χ0v) is 15.2. The number of carbonyl (C=O) groups excluding carboxylic acids is 1. The molecule has 1 aliphatic heterocycles. The van der Waals surface area contributed by atoms with Gasteiger partial charge < -0.3 is 15.4 Å². The molecule has 0 bridgehead atoms.